The fourth-order valence-electron chi connectivity index (χ4n) is 7.96. The summed E-state index contributed by atoms with van der Waals surface area (Å²) in [4.78, 5) is 51.3. The van der Waals surface area contributed by atoms with Crippen molar-refractivity contribution in [1.82, 2.24) is 48.9 Å². The van der Waals surface area contributed by atoms with Crippen LogP contribution < -0.4 is 16.0 Å². The molecule has 0 saturated carbocycles. The Labute approximate surface area is 396 Å². The van der Waals surface area contributed by atoms with Crippen LogP contribution in [0.2, 0.25) is 0 Å². The molecule has 0 aliphatic carbocycles. The first-order valence-corrected chi connectivity index (χ1v) is 23.1. The van der Waals surface area contributed by atoms with Crippen LogP contribution in [0.1, 0.15) is 46.5 Å². The molecule has 2 atom stereocenters. The molecule has 0 radical (unpaired) electrons. The minimum absolute atomic E-state index is 0. The fourth-order valence-corrected chi connectivity index (χ4v) is 9.38. The van der Waals surface area contributed by atoms with Gasteiger partial charge < -0.3 is 25.6 Å². The summed E-state index contributed by atoms with van der Waals surface area (Å²) in [5, 5.41) is 14.3. The molecule has 2 saturated heterocycles. The average Bonchev–Trinajstić information content (AvgIpc) is 4.12. The van der Waals surface area contributed by atoms with Gasteiger partial charge in [-0.15, -0.1) is 35.1 Å². The van der Waals surface area contributed by atoms with E-state index >= 15 is 0 Å². The van der Waals surface area contributed by atoms with Gasteiger partial charge in [-0.05, 0) is 88.4 Å². The third-order valence-electron chi connectivity index (χ3n) is 10.9. The van der Waals surface area contributed by atoms with E-state index in [0.29, 0.717) is 42.4 Å². The van der Waals surface area contributed by atoms with E-state index in [4.69, 9.17) is 37.8 Å². The number of hydrogen-bond donors (Lipinski definition) is 3. The molecule has 16 nitrogen and oxygen atoms in total. The molecular formula is C47H47ClN14O2S2. The first-order valence-electron chi connectivity index (χ1n) is 21.4. The van der Waals surface area contributed by atoms with E-state index in [1.165, 1.54) is 0 Å². The lowest BCUT2D eigenvalue weighted by molar-refractivity contribution is 0.0206. The maximum Gasteiger partial charge on any atom is 0.410 e. The highest BCUT2D eigenvalue weighted by atomic mass is 35.5. The number of thiazole rings is 2. The van der Waals surface area contributed by atoms with E-state index < -0.39 is 5.60 Å². The number of rotatable bonds is 8. The zero-order valence-electron chi connectivity index (χ0n) is 36.5. The van der Waals surface area contributed by atoms with E-state index in [2.05, 4.69) is 40.0 Å². The largest absolute Gasteiger partial charge is 0.444 e. The van der Waals surface area contributed by atoms with Crippen LogP contribution >= 0.6 is 35.1 Å². The highest BCUT2D eigenvalue weighted by Gasteiger charge is 2.29. The molecule has 8 aromatic rings. The molecule has 336 valence electrons. The Morgan fingerprint density at radius 3 is 1.83 bits per heavy atom. The van der Waals surface area contributed by atoms with Crippen molar-refractivity contribution in [2.45, 2.75) is 64.1 Å². The number of nitrogens with one attached hydrogen (secondary N) is 3. The van der Waals surface area contributed by atoms with E-state index in [1.54, 1.807) is 52.1 Å². The van der Waals surface area contributed by atoms with Gasteiger partial charge in [0.25, 0.3) is 0 Å². The Kier molecular flexibility index (Phi) is 13.9. The fraction of sp³-hybridized carbons (Fsp3) is 0.298. The summed E-state index contributed by atoms with van der Waals surface area (Å²) < 4.78 is 9.62. The van der Waals surface area contributed by atoms with Gasteiger partial charge in [-0.3, -0.25) is 8.80 Å². The first kappa shape index (κ1) is 45.6. The quantitative estimate of drug-likeness (QED) is 0.124. The number of benzene rings is 2. The van der Waals surface area contributed by atoms with Gasteiger partial charge in [-0.25, -0.2) is 44.4 Å². The van der Waals surface area contributed by atoms with Gasteiger partial charge in [0.05, 0.1) is 35.9 Å². The number of imidazole rings is 2. The molecule has 66 heavy (non-hydrogen) atoms. The highest BCUT2D eigenvalue weighted by Crippen LogP contribution is 2.37. The zero-order chi connectivity index (χ0) is 44.9. The number of carbonyl (C=O) groups excluding carboxylic acids is 1. The average molecular weight is 940 g/mol. The number of carbonyl (C=O) groups is 1. The number of piperidine rings is 2. The van der Waals surface area contributed by atoms with Crippen LogP contribution in [-0.2, 0) is 4.74 Å². The van der Waals surface area contributed by atoms with Crippen molar-refractivity contribution in [2.24, 2.45) is 0 Å². The Morgan fingerprint density at radius 1 is 0.773 bits per heavy atom. The number of aromatic nitrogens is 8. The summed E-state index contributed by atoms with van der Waals surface area (Å²) in [6, 6.07) is 19.1. The minimum Gasteiger partial charge on any atom is -0.444 e. The predicted octanol–water partition coefficient (Wildman–Crippen LogP) is 10.5. The van der Waals surface area contributed by atoms with E-state index in [9.17, 15) is 4.79 Å². The van der Waals surface area contributed by atoms with Crippen LogP contribution in [0.3, 0.4) is 0 Å². The van der Waals surface area contributed by atoms with E-state index in [1.807, 2.05) is 96.9 Å². The summed E-state index contributed by atoms with van der Waals surface area (Å²) in [5.41, 5.74) is 7.29. The smallest absolute Gasteiger partial charge is 0.410 e. The minimum atomic E-state index is -0.529. The molecule has 2 aliphatic heterocycles. The highest BCUT2D eigenvalue weighted by molar-refractivity contribution is 7.15. The second kappa shape index (κ2) is 20.1. The van der Waals surface area contributed by atoms with Gasteiger partial charge in [0.2, 0.25) is 11.9 Å². The molecule has 6 aromatic heterocycles. The molecular weight excluding hydrogens is 892 g/mol. The third-order valence-corrected chi connectivity index (χ3v) is 12.4. The second-order valence-electron chi connectivity index (χ2n) is 16.7. The number of anilines is 2. The Hall–Kier alpha value is -6.96. The van der Waals surface area contributed by atoms with Gasteiger partial charge >= 0.3 is 6.09 Å². The molecule has 3 N–H and O–H groups in total. The van der Waals surface area contributed by atoms with Crippen LogP contribution in [0.5, 0.6) is 0 Å². The summed E-state index contributed by atoms with van der Waals surface area (Å²) >= 11 is 3.12. The number of amides is 1. The normalized spacial score (nSPS) is 16.0. The van der Waals surface area contributed by atoms with E-state index in [-0.39, 0.29) is 24.5 Å². The van der Waals surface area contributed by atoms with Crippen molar-refractivity contribution in [3.8, 4) is 45.3 Å². The number of hydrogen-bond acceptors (Lipinski definition) is 13. The number of likely N-dealkylation sites (tertiary alicyclic amines) is 1. The molecule has 0 unspecified atom stereocenters. The molecule has 2 aromatic carbocycles. The summed E-state index contributed by atoms with van der Waals surface area (Å²) in [7, 11) is 0. The molecule has 2 fully saturated rings. The third kappa shape index (κ3) is 10.3. The Balaban J connectivity index is 0.000000180. The maximum absolute atomic E-state index is 12.6. The topological polar surface area (TPSA) is 161 Å². The summed E-state index contributed by atoms with van der Waals surface area (Å²) in [6.45, 7) is 23.5. The van der Waals surface area contributed by atoms with Crippen LogP contribution in [0, 0.1) is 13.1 Å². The van der Waals surface area contributed by atoms with Crippen LogP contribution in [0.15, 0.2) is 96.2 Å². The first-order chi connectivity index (χ1) is 31.6. The summed E-state index contributed by atoms with van der Waals surface area (Å²) in [5.74, 6) is 1.12. The van der Waals surface area contributed by atoms with E-state index in [0.717, 1.165) is 94.0 Å². The number of ether oxygens (including phenoxy) is 1. The van der Waals surface area contributed by atoms with Gasteiger partial charge in [0.15, 0.2) is 21.3 Å². The molecule has 0 bridgehead atoms. The SMILES string of the molecule is Cl.[C-]#[N+]c1cccc(-c2nc3sccn3c2-c2ccnc(N[C@@H]3CCCN(C(=O)OC(C)(C)C)C3)n2)c1.[C-]#[N+]c1cccc(-c2nc3sccn3c2-c2ccnc(N[C@@H]3CCCNC3)n2)c1. The van der Waals surface area contributed by atoms with Crippen molar-refractivity contribution in [2.75, 3.05) is 36.8 Å². The van der Waals surface area contributed by atoms with Crippen molar-refractivity contribution in [1.29, 1.82) is 0 Å². The molecule has 19 heteroatoms. The Bertz CT molecular complexity index is 3060. The number of halogens is 1. The van der Waals surface area contributed by atoms with Gasteiger partial charge in [-0.2, -0.15) is 0 Å². The van der Waals surface area contributed by atoms with Crippen molar-refractivity contribution >= 4 is 74.4 Å². The molecule has 1 amide bonds. The number of fused-ring (bicyclic) bond motifs is 2. The van der Waals surface area contributed by atoms with Crippen molar-refractivity contribution < 1.29 is 9.53 Å². The lowest BCUT2D eigenvalue weighted by Gasteiger charge is -2.34. The van der Waals surface area contributed by atoms with Crippen LogP contribution in [-0.4, -0.2) is 93.6 Å². The number of nitrogens with zero attached hydrogens (tertiary/aromatic N) is 11. The maximum atomic E-state index is 12.6. The molecule has 0 spiro atoms. The van der Waals surface area contributed by atoms with Gasteiger partial charge in [-0.1, -0.05) is 36.4 Å². The summed E-state index contributed by atoms with van der Waals surface area (Å²) in [6.07, 6.45) is 11.2. The Morgan fingerprint density at radius 2 is 1.32 bits per heavy atom. The van der Waals surface area contributed by atoms with Crippen LogP contribution in [0.4, 0.5) is 28.1 Å². The lowest BCUT2D eigenvalue weighted by atomic mass is 10.1. The van der Waals surface area contributed by atoms with Crippen molar-refractivity contribution in [3.05, 3.63) is 119 Å². The molecule has 8 heterocycles. The van der Waals surface area contributed by atoms with Crippen molar-refractivity contribution in [3.63, 3.8) is 0 Å². The molecule has 10 rings (SSSR count). The zero-order valence-corrected chi connectivity index (χ0v) is 39.0. The second-order valence-corrected chi connectivity index (χ2v) is 18.4. The van der Waals surface area contributed by atoms with Gasteiger partial charge in [0.1, 0.15) is 17.0 Å². The van der Waals surface area contributed by atoms with Gasteiger partial charge in [0, 0.05) is 67.3 Å². The lowest BCUT2D eigenvalue weighted by Crippen LogP contribution is -2.47. The monoisotopic (exact) mass is 938 g/mol. The standard InChI is InChI=1S/C26H27N7O2S.C21H19N7S.ClH/c1-26(2,3)35-25(34)32-12-6-9-19(16-32)29-23-28-11-10-20(30-23)22-21(31-24-33(22)13-14-36-24)17-7-5-8-18(15-17)27-4;1-22-15-5-2-4-14(12-15)18-19(28-10-11-29-21(28)27-18)17-7-9-24-20(26-17)25-16-6-3-8-23-13-16;/h5,7-8,10-11,13-15,19H,6,9,12,16H2,1-3H3,(H,28,29,30);2,4-5,7,9-12,16,23H,3,6,8,13H2,(H,24,25,26);1H/t19-;16-;/m11./s1. The predicted molar refractivity (Wildman–Crippen MR) is 263 cm³/mol. The van der Waals surface area contributed by atoms with Crippen LogP contribution in [0.25, 0.3) is 64.9 Å². The molecule has 2 aliphatic rings.